The number of nitrogens with one attached hydrogen (secondary N) is 2. The zero-order chi connectivity index (χ0) is 24.8. The Morgan fingerprint density at radius 1 is 1.19 bits per heavy atom. The minimum Gasteiger partial charge on any atom is -0.353 e. The van der Waals surface area contributed by atoms with Crippen molar-refractivity contribution in [2.45, 2.75) is 19.9 Å². The van der Waals surface area contributed by atoms with Gasteiger partial charge >= 0.3 is 0 Å². The molecule has 1 aliphatic rings. The van der Waals surface area contributed by atoms with Gasteiger partial charge in [-0.25, -0.2) is 15.0 Å². The number of aryl methyl sites for hydroxylation is 1. The number of imidazole rings is 1. The van der Waals surface area contributed by atoms with Gasteiger partial charge in [0.15, 0.2) is 0 Å². The van der Waals surface area contributed by atoms with Crippen molar-refractivity contribution in [1.82, 2.24) is 39.6 Å². The SMILES string of the molecule is C=CC(=N/C(=C\C)c1cc2c(-c3cc4c(-n5cnc(C)c5)nccc4[nH]3)n[nH]c2cn1)N1CC(N)C1. The van der Waals surface area contributed by atoms with Crippen molar-refractivity contribution in [2.75, 3.05) is 13.1 Å². The first-order valence-electron chi connectivity index (χ1n) is 11.8. The lowest BCUT2D eigenvalue weighted by molar-refractivity contribution is 0.256. The number of hydrogen-bond acceptors (Lipinski definition) is 6. The van der Waals surface area contributed by atoms with E-state index in [0.717, 1.165) is 75.0 Å². The lowest BCUT2D eigenvalue weighted by Gasteiger charge is -2.38. The number of amidine groups is 1. The summed E-state index contributed by atoms with van der Waals surface area (Å²) in [6.45, 7) is 9.38. The molecule has 5 aromatic heterocycles. The minimum absolute atomic E-state index is 0.178. The molecule has 1 saturated heterocycles. The van der Waals surface area contributed by atoms with Crippen LogP contribution in [0.2, 0.25) is 0 Å². The van der Waals surface area contributed by atoms with Crippen molar-refractivity contribution in [1.29, 1.82) is 0 Å². The third-order valence-corrected chi connectivity index (χ3v) is 6.37. The van der Waals surface area contributed by atoms with E-state index in [0.29, 0.717) is 0 Å². The van der Waals surface area contributed by atoms with Crippen molar-refractivity contribution in [3.8, 4) is 17.2 Å². The van der Waals surface area contributed by atoms with E-state index in [1.165, 1.54) is 0 Å². The maximum atomic E-state index is 5.95. The van der Waals surface area contributed by atoms with E-state index in [1.54, 1.807) is 24.8 Å². The number of nitrogens with zero attached hydrogens (tertiary/aromatic N) is 7. The molecule has 10 heteroatoms. The fraction of sp³-hybridized carbons (Fsp3) is 0.192. The first-order chi connectivity index (χ1) is 17.5. The molecule has 4 N–H and O–H groups in total. The van der Waals surface area contributed by atoms with Crippen molar-refractivity contribution in [3.63, 3.8) is 0 Å². The average molecular weight is 479 g/mol. The zero-order valence-corrected chi connectivity index (χ0v) is 20.1. The van der Waals surface area contributed by atoms with Crippen molar-refractivity contribution >= 4 is 33.3 Å². The van der Waals surface area contributed by atoms with Crippen molar-refractivity contribution in [2.24, 2.45) is 10.7 Å². The van der Waals surface area contributed by atoms with Crippen LogP contribution >= 0.6 is 0 Å². The summed E-state index contributed by atoms with van der Waals surface area (Å²) in [7, 11) is 0. The third-order valence-electron chi connectivity index (χ3n) is 6.37. The smallest absolute Gasteiger partial charge is 0.147 e. The van der Waals surface area contributed by atoms with Crippen LogP contribution in [0, 0.1) is 6.92 Å². The second kappa shape index (κ2) is 8.58. The standard InChI is InChI=1S/C26H26N10/c1-4-19(32-24(5-2)35-12-16(27)13-35)21-8-17-23(10-29-21)33-34-25(17)22-9-18-20(31-22)6-7-28-26(18)36-11-15(3)30-14-36/h4-11,14,16,31H,2,12-13,27H2,1,3H3,(H,33,34)/b19-4-,32-24?. The highest BCUT2D eigenvalue weighted by molar-refractivity contribution is 5.99. The number of fused-ring (bicyclic) bond motifs is 2. The van der Waals surface area contributed by atoms with E-state index in [2.05, 4.69) is 47.7 Å². The first kappa shape index (κ1) is 21.9. The number of rotatable bonds is 5. The van der Waals surface area contributed by atoms with E-state index >= 15 is 0 Å². The number of H-pyrrole nitrogens is 2. The van der Waals surface area contributed by atoms with Gasteiger partial charge in [-0.05, 0) is 38.1 Å². The number of aromatic amines is 2. The van der Waals surface area contributed by atoms with Crippen molar-refractivity contribution in [3.05, 3.63) is 73.2 Å². The molecule has 0 aromatic carbocycles. The van der Waals surface area contributed by atoms with Gasteiger partial charge in [-0.15, -0.1) is 0 Å². The van der Waals surface area contributed by atoms with E-state index in [-0.39, 0.29) is 6.04 Å². The van der Waals surface area contributed by atoms with Gasteiger partial charge in [-0.2, -0.15) is 5.10 Å². The van der Waals surface area contributed by atoms with Crippen LogP contribution in [-0.2, 0) is 0 Å². The molecular weight excluding hydrogens is 452 g/mol. The van der Waals surface area contributed by atoms with Crippen LogP contribution in [0.3, 0.4) is 0 Å². The summed E-state index contributed by atoms with van der Waals surface area (Å²) in [5.74, 6) is 1.61. The molecular formula is C26H26N10. The normalized spacial score (nSPS) is 15.1. The van der Waals surface area contributed by atoms with Crippen LogP contribution in [-0.4, -0.2) is 64.6 Å². The monoisotopic (exact) mass is 478 g/mol. The number of hydrogen-bond donors (Lipinski definition) is 3. The molecule has 36 heavy (non-hydrogen) atoms. The van der Waals surface area contributed by atoms with Gasteiger partial charge in [0.05, 0.1) is 40.0 Å². The Balaban J connectivity index is 1.41. The van der Waals surface area contributed by atoms with Gasteiger partial charge < -0.3 is 15.6 Å². The number of aliphatic imine (C=N–C) groups is 1. The topological polar surface area (TPSA) is 130 Å². The van der Waals surface area contributed by atoms with Crippen LogP contribution in [0.5, 0.6) is 0 Å². The molecule has 0 unspecified atom stereocenters. The molecule has 6 rings (SSSR count). The Morgan fingerprint density at radius 2 is 2.06 bits per heavy atom. The number of nitrogens with two attached hydrogens (primary N) is 1. The van der Waals surface area contributed by atoms with E-state index < -0.39 is 0 Å². The predicted molar refractivity (Wildman–Crippen MR) is 142 cm³/mol. The van der Waals surface area contributed by atoms with Gasteiger partial charge in [0, 0.05) is 42.3 Å². The molecule has 0 spiro atoms. The summed E-state index contributed by atoms with van der Waals surface area (Å²) in [6.07, 6.45) is 11.0. The molecule has 10 nitrogen and oxygen atoms in total. The number of pyridine rings is 2. The summed E-state index contributed by atoms with van der Waals surface area (Å²) < 4.78 is 1.93. The Hall–Kier alpha value is -4.57. The Labute approximate surface area is 207 Å². The fourth-order valence-electron chi connectivity index (χ4n) is 4.51. The summed E-state index contributed by atoms with van der Waals surface area (Å²) >= 11 is 0. The number of likely N-dealkylation sites (tertiary alicyclic amines) is 1. The fourth-order valence-corrected chi connectivity index (χ4v) is 4.51. The lowest BCUT2D eigenvalue weighted by atomic mass is 10.1. The molecule has 0 amide bonds. The molecule has 180 valence electrons. The Kier molecular flexibility index (Phi) is 5.23. The lowest BCUT2D eigenvalue weighted by Crippen LogP contribution is -2.57. The summed E-state index contributed by atoms with van der Waals surface area (Å²) in [5.41, 5.74) is 11.9. The molecule has 1 aliphatic heterocycles. The summed E-state index contributed by atoms with van der Waals surface area (Å²) in [5, 5.41) is 9.63. The molecule has 0 saturated carbocycles. The average Bonchev–Trinajstić information content (AvgIpc) is 3.60. The summed E-state index contributed by atoms with van der Waals surface area (Å²) in [4.78, 5) is 24.0. The Bertz CT molecular complexity index is 1660. The van der Waals surface area contributed by atoms with Crippen LogP contribution in [0.4, 0.5) is 0 Å². The molecule has 0 atom stereocenters. The van der Waals surface area contributed by atoms with Gasteiger partial charge in [0.1, 0.15) is 23.7 Å². The van der Waals surface area contributed by atoms with Gasteiger partial charge in [-0.1, -0.05) is 12.7 Å². The minimum atomic E-state index is 0.178. The zero-order valence-electron chi connectivity index (χ0n) is 20.1. The largest absolute Gasteiger partial charge is 0.353 e. The van der Waals surface area contributed by atoms with E-state index in [1.807, 2.05) is 42.8 Å². The maximum Gasteiger partial charge on any atom is 0.147 e. The highest BCUT2D eigenvalue weighted by atomic mass is 15.3. The van der Waals surface area contributed by atoms with E-state index in [4.69, 9.17) is 10.7 Å². The number of aromatic nitrogens is 7. The first-order valence-corrected chi connectivity index (χ1v) is 11.8. The molecule has 5 aromatic rings. The molecule has 6 heterocycles. The highest BCUT2D eigenvalue weighted by Gasteiger charge is 2.25. The summed E-state index contributed by atoms with van der Waals surface area (Å²) in [6, 6.07) is 6.22. The molecule has 0 radical (unpaired) electrons. The highest BCUT2D eigenvalue weighted by Crippen LogP contribution is 2.31. The van der Waals surface area contributed by atoms with Crippen LogP contribution in [0.25, 0.3) is 44.7 Å². The molecule has 0 bridgehead atoms. The van der Waals surface area contributed by atoms with E-state index in [9.17, 15) is 0 Å². The number of allylic oxidation sites excluding steroid dienone is 1. The van der Waals surface area contributed by atoms with Gasteiger partial charge in [0.25, 0.3) is 0 Å². The second-order valence-electron chi connectivity index (χ2n) is 8.90. The second-order valence-corrected chi connectivity index (χ2v) is 8.90. The molecule has 1 fully saturated rings. The van der Waals surface area contributed by atoms with Crippen LogP contribution in [0.15, 0.2) is 66.8 Å². The van der Waals surface area contributed by atoms with Crippen molar-refractivity contribution < 1.29 is 0 Å². The predicted octanol–water partition coefficient (Wildman–Crippen LogP) is 3.58. The third kappa shape index (κ3) is 3.68. The van der Waals surface area contributed by atoms with Gasteiger partial charge in [-0.3, -0.25) is 14.6 Å². The quantitative estimate of drug-likeness (QED) is 0.261. The Morgan fingerprint density at radius 3 is 2.78 bits per heavy atom. The molecule has 0 aliphatic carbocycles. The van der Waals surface area contributed by atoms with Crippen LogP contribution in [0.1, 0.15) is 18.3 Å². The van der Waals surface area contributed by atoms with Gasteiger partial charge in [0.2, 0.25) is 0 Å². The van der Waals surface area contributed by atoms with Crippen LogP contribution < -0.4 is 5.73 Å². The maximum absolute atomic E-state index is 5.95.